The number of benzene rings is 10. The summed E-state index contributed by atoms with van der Waals surface area (Å²) in [6, 6.07) is 75.8. The lowest BCUT2D eigenvalue weighted by molar-refractivity contribution is 0.669. The van der Waals surface area contributed by atoms with Crippen molar-refractivity contribution in [1.82, 2.24) is 0 Å². The molecule has 10 aromatic carbocycles. The van der Waals surface area contributed by atoms with Crippen LogP contribution < -0.4 is 4.90 Å². The molecule has 0 atom stereocenters. The average Bonchev–Trinajstić information content (AvgIpc) is 3.88. The third-order valence-electron chi connectivity index (χ3n) is 11.9. The van der Waals surface area contributed by atoms with E-state index >= 15 is 0 Å². The highest BCUT2D eigenvalue weighted by molar-refractivity contribution is 6.23. The van der Waals surface area contributed by atoms with Crippen LogP contribution in [0.1, 0.15) is 0 Å². The van der Waals surface area contributed by atoms with Crippen LogP contribution in [0.5, 0.6) is 0 Å². The predicted molar refractivity (Wildman–Crippen MR) is 247 cm³/mol. The van der Waals surface area contributed by atoms with Crippen molar-refractivity contribution >= 4 is 82.5 Å². The fourth-order valence-electron chi connectivity index (χ4n) is 9.13. The second-order valence-electron chi connectivity index (χ2n) is 15.2. The molecule has 59 heavy (non-hydrogen) atoms. The number of furan rings is 2. The van der Waals surface area contributed by atoms with Gasteiger partial charge in [0.25, 0.3) is 0 Å². The van der Waals surface area contributed by atoms with Gasteiger partial charge in [-0.15, -0.1) is 0 Å². The highest BCUT2D eigenvalue weighted by Crippen LogP contribution is 2.52. The van der Waals surface area contributed by atoms with Gasteiger partial charge in [0.1, 0.15) is 16.7 Å². The number of anilines is 3. The van der Waals surface area contributed by atoms with Crippen molar-refractivity contribution in [3.63, 3.8) is 0 Å². The van der Waals surface area contributed by atoms with E-state index in [1.165, 1.54) is 27.3 Å². The topological polar surface area (TPSA) is 29.5 Å². The summed E-state index contributed by atoms with van der Waals surface area (Å²) in [5.74, 6) is 0. The molecule has 3 heteroatoms. The summed E-state index contributed by atoms with van der Waals surface area (Å²) in [6.07, 6.45) is 0. The number of hydrogen-bond acceptors (Lipinski definition) is 3. The monoisotopic (exact) mass is 753 g/mol. The summed E-state index contributed by atoms with van der Waals surface area (Å²) >= 11 is 0. The van der Waals surface area contributed by atoms with Gasteiger partial charge in [-0.2, -0.15) is 0 Å². The quantitative estimate of drug-likeness (QED) is 0.158. The van der Waals surface area contributed by atoms with Crippen LogP contribution in [0.25, 0.3) is 98.8 Å². The summed E-state index contributed by atoms with van der Waals surface area (Å²) in [4.78, 5) is 2.43. The van der Waals surface area contributed by atoms with Crippen LogP contribution in [0.4, 0.5) is 17.1 Å². The first-order chi connectivity index (χ1) is 29.3. The molecule has 0 bridgehead atoms. The minimum absolute atomic E-state index is 0.838. The first-order valence-electron chi connectivity index (χ1n) is 20.1. The number of nitrogens with zero attached hydrogens (tertiary/aromatic N) is 1. The Morgan fingerprint density at radius 1 is 0.288 bits per heavy atom. The second-order valence-corrected chi connectivity index (χ2v) is 15.2. The minimum Gasteiger partial charge on any atom is -0.456 e. The molecule has 0 spiro atoms. The van der Waals surface area contributed by atoms with Crippen LogP contribution in [0.2, 0.25) is 0 Å². The minimum atomic E-state index is 0.838. The van der Waals surface area contributed by atoms with Crippen molar-refractivity contribution in [2.45, 2.75) is 0 Å². The first-order valence-corrected chi connectivity index (χ1v) is 20.1. The lowest BCUT2D eigenvalue weighted by Crippen LogP contribution is -2.13. The molecule has 0 radical (unpaired) electrons. The molecule has 0 amide bonds. The largest absolute Gasteiger partial charge is 0.456 e. The highest BCUT2D eigenvalue weighted by Gasteiger charge is 2.26. The number of fused-ring (bicyclic) bond motifs is 9. The molecule has 0 N–H and O–H groups in total. The summed E-state index contributed by atoms with van der Waals surface area (Å²) in [5.41, 5.74) is 13.4. The van der Waals surface area contributed by atoms with Gasteiger partial charge in [-0.05, 0) is 86.4 Å². The van der Waals surface area contributed by atoms with Gasteiger partial charge >= 0.3 is 0 Å². The molecule has 0 unspecified atom stereocenters. The number of para-hydroxylation sites is 3. The Balaban J connectivity index is 1.16. The van der Waals surface area contributed by atoms with E-state index in [4.69, 9.17) is 8.83 Å². The van der Waals surface area contributed by atoms with Gasteiger partial charge in [0.15, 0.2) is 5.58 Å². The van der Waals surface area contributed by atoms with Crippen LogP contribution in [-0.2, 0) is 0 Å². The molecule has 0 saturated heterocycles. The van der Waals surface area contributed by atoms with E-state index in [9.17, 15) is 0 Å². The summed E-state index contributed by atoms with van der Waals surface area (Å²) < 4.78 is 13.2. The fourth-order valence-corrected chi connectivity index (χ4v) is 9.13. The van der Waals surface area contributed by atoms with Crippen LogP contribution in [0.3, 0.4) is 0 Å². The van der Waals surface area contributed by atoms with Crippen LogP contribution in [-0.4, -0.2) is 0 Å². The Hall–Kier alpha value is -7.88. The molecule has 2 heterocycles. The predicted octanol–water partition coefficient (Wildman–Crippen LogP) is 16.3. The Bertz CT molecular complexity index is 3560. The van der Waals surface area contributed by atoms with Crippen LogP contribution >= 0.6 is 0 Å². The standard InChI is InChI=1S/C56H35NO2/c1-2-14-36(15-3-1)37-28-30-38(31-29-37)54-47-22-6-4-18-42(47)43-19-5-7-23-48(43)55(54)57(50-25-13-24-49-45-21-9-11-27-52(45)59-56(49)50)41-17-12-16-39(34-41)40-32-33-46-44-20-8-10-26-51(44)58-53(46)35-40/h1-35H. The lowest BCUT2D eigenvalue weighted by atomic mass is 9.89. The smallest absolute Gasteiger partial charge is 0.159 e. The van der Waals surface area contributed by atoms with Crippen LogP contribution in [0.15, 0.2) is 221 Å². The molecule has 0 saturated carbocycles. The third kappa shape index (κ3) is 5.36. The summed E-state index contributed by atoms with van der Waals surface area (Å²) in [7, 11) is 0. The molecule has 0 fully saturated rings. The maximum atomic E-state index is 6.86. The van der Waals surface area contributed by atoms with Crippen molar-refractivity contribution < 1.29 is 8.83 Å². The Morgan fingerprint density at radius 2 is 0.797 bits per heavy atom. The SMILES string of the molecule is c1ccc(-c2ccc(-c3c(N(c4cccc(-c5ccc6c(c5)oc5ccccc56)c4)c4cccc5c4oc4ccccc45)c4ccccc4c4ccccc34)cc2)cc1. The summed E-state index contributed by atoms with van der Waals surface area (Å²) in [5, 5.41) is 9.15. The molecular formula is C56H35NO2. The number of hydrogen-bond donors (Lipinski definition) is 0. The van der Waals surface area contributed by atoms with Gasteiger partial charge in [0.2, 0.25) is 0 Å². The van der Waals surface area contributed by atoms with Gasteiger partial charge in [-0.3, -0.25) is 0 Å². The Kier molecular flexibility index (Phi) is 7.54. The van der Waals surface area contributed by atoms with E-state index < -0.39 is 0 Å². The van der Waals surface area contributed by atoms with Gasteiger partial charge < -0.3 is 13.7 Å². The Labute approximate surface area is 340 Å². The Morgan fingerprint density at radius 3 is 1.58 bits per heavy atom. The first kappa shape index (κ1) is 33.3. The highest BCUT2D eigenvalue weighted by atomic mass is 16.3. The lowest BCUT2D eigenvalue weighted by Gasteiger charge is -2.31. The van der Waals surface area contributed by atoms with Gasteiger partial charge in [0, 0.05) is 38.2 Å². The average molecular weight is 754 g/mol. The van der Waals surface area contributed by atoms with Crippen molar-refractivity contribution in [3.05, 3.63) is 212 Å². The van der Waals surface area contributed by atoms with E-state index in [1.54, 1.807) is 0 Å². The maximum absolute atomic E-state index is 6.86. The van der Waals surface area contributed by atoms with Crippen molar-refractivity contribution in [1.29, 1.82) is 0 Å². The van der Waals surface area contributed by atoms with E-state index in [-0.39, 0.29) is 0 Å². The zero-order chi connectivity index (χ0) is 38.9. The molecule has 3 nitrogen and oxygen atoms in total. The molecule has 12 rings (SSSR count). The molecule has 0 aliphatic carbocycles. The molecular weight excluding hydrogens is 719 g/mol. The van der Waals surface area contributed by atoms with Crippen LogP contribution in [0, 0.1) is 0 Å². The van der Waals surface area contributed by atoms with Crippen molar-refractivity contribution in [2.75, 3.05) is 4.90 Å². The van der Waals surface area contributed by atoms with E-state index in [0.717, 1.165) is 88.6 Å². The maximum Gasteiger partial charge on any atom is 0.159 e. The van der Waals surface area contributed by atoms with E-state index in [0.29, 0.717) is 0 Å². The molecule has 2 aromatic heterocycles. The van der Waals surface area contributed by atoms with E-state index in [2.05, 4.69) is 199 Å². The normalized spacial score (nSPS) is 11.7. The molecule has 276 valence electrons. The number of rotatable bonds is 6. The van der Waals surface area contributed by atoms with Gasteiger partial charge in [-0.25, -0.2) is 0 Å². The van der Waals surface area contributed by atoms with Crippen molar-refractivity contribution in [3.8, 4) is 33.4 Å². The van der Waals surface area contributed by atoms with Gasteiger partial charge in [-0.1, -0.05) is 170 Å². The van der Waals surface area contributed by atoms with Gasteiger partial charge in [0.05, 0.1) is 11.4 Å². The third-order valence-corrected chi connectivity index (χ3v) is 11.9. The zero-order valence-corrected chi connectivity index (χ0v) is 32.0. The fraction of sp³-hybridized carbons (Fsp3) is 0. The molecule has 0 aliphatic rings. The zero-order valence-electron chi connectivity index (χ0n) is 32.0. The second kappa shape index (κ2) is 13.4. The molecule has 0 aliphatic heterocycles. The molecule has 12 aromatic rings. The van der Waals surface area contributed by atoms with Crippen molar-refractivity contribution in [2.24, 2.45) is 0 Å². The van der Waals surface area contributed by atoms with E-state index in [1.807, 2.05) is 18.2 Å². The summed E-state index contributed by atoms with van der Waals surface area (Å²) in [6.45, 7) is 0.